The summed E-state index contributed by atoms with van der Waals surface area (Å²) in [5, 5.41) is 11.6. The second kappa shape index (κ2) is 5.16. The number of quaternary nitrogens is 1. The maximum Gasteiger partial charge on any atom is 0.0928 e. The van der Waals surface area contributed by atoms with Gasteiger partial charge in [0.1, 0.15) is 0 Å². The highest BCUT2D eigenvalue weighted by Gasteiger charge is 2.35. The molecule has 0 atom stereocenters. The normalized spacial score (nSPS) is 18.6. The SMILES string of the molecule is N#CC1(c2ccccc2)CC[NH2+]CC1.[Cl-]. The summed E-state index contributed by atoms with van der Waals surface area (Å²) in [6.45, 7) is 2.14. The van der Waals surface area contributed by atoms with E-state index in [1.165, 1.54) is 5.56 Å². The van der Waals surface area contributed by atoms with E-state index >= 15 is 0 Å². The Morgan fingerprint density at radius 2 is 1.73 bits per heavy atom. The maximum atomic E-state index is 9.33. The molecular weight excluding hydrogens is 208 g/mol. The van der Waals surface area contributed by atoms with Crippen LogP contribution in [0.4, 0.5) is 0 Å². The highest BCUT2D eigenvalue weighted by atomic mass is 35.5. The van der Waals surface area contributed by atoms with Crippen molar-refractivity contribution >= 4 is 0 Å². The fourth-order valence-corrected chi connectivity index (χ4v) is 2.19. The molecule has 2 rings (SSSR count). The van der Waals surface area contributed by atoms with Gasteiger partial charge < -0.3 is 17.7 Å². The van der Waals surface area contributed by atoms with Crippen LogP contribution in [0.15, 0.2) is 30.3 Å². The Hall–Kier alpha value is -1.04. The summed E-state index contributed by atoms with van der Waals surface area (Å²) in [5.41, 5.74) is 0.978. The molecule has 1 aromatic rings. The molecule has 1 heterocycles. The second-order valence-corrected chi connectivity index (χ2v) is 3.93. The molecule has 1 aliphatic rings. The van der Waals surface area contributed by atoms with Gasteiger partial charge in [-0.15, -0.1) is 0 Å². The third kappa shape index (κ3) is 2.31. The maximum absolute atomic E-state index is 9.33. The standard InChI is InChI=1S/C12H14N2.ClH/c13-10-12(6-8-14-9-7-12)11-4-2-1-3-5-11;/h1-5,14H,6-9H2;1H. The molecule has 2 nitrogen and oxygen atoms in total. The number of hydrogen-bond donors (Lipinski definition) is 1. The number of rotatable bonds is 1. The van der Waals surface area contributed by atoms with E-state index < -0.39 is 0 Å². The Balaban J connectivity index is 0.00000112. The summed E-state index contributed by atoms with van der Waals surface area (Å²) >= 11 is 0. The van der Waals surface area contributed by atoms with Crippen LogP contribution in [0.2, 0.25) is 0 Å². The lowest BCUT2D eigenvalue weighted by Gasteiger charge is -2.29. The highest BCUT2D eigenvalue weighted by molar-refractivity contribution is 5.32. The summed E-state index contributed by atoms with van der Waals surface area (Å²) in [4.78, 5) is 0. The molecule has 0 saturated carbocycles. The number of nitriles is 1. The lowest BCUT2D eigenvalue weighted by molar-refractivity contribution is -0.664. The molecule has 80 valence electrons. The monoisotopic (exact) mass is 222 g/mol. The fraction of sp³-hybridized carbons (Fsp3) is 0.417. The van der Waals surface area contributed by atoms with Crippen LogP contribution < -0.4 is 17.7 Å². The van der Waals surface area contributed by atoms with Crippen LogP contribution in [0.25, 0.3) is 0 Å². The molecule has 1 fully saturated rings. The summed E-state index contributed by atoms with van der Waals surface area (Å²) < 4.78 is 0. The molecular formula is C12H15ClN2. The van der Waals surface area contributed by atoms with Gasteiger partial charge in [-0.05, 0) is 5.56 Å². The number of hydrogen-bond acceptors (Lipinski definition) is 1. The molecule has 1 saturated heterocycles. The van der Waals surface area contributed by atoms with Gasteiger partial charge in [-0.25, -0.2) is 0 Å². The first-order valence-electron chi connectivity index (χ1n) is 5.16. The second-order valence-electron chi connectivity index (χ2n) is 3.93. The number of piperidine rings is 1. The first-order valence-corrected chi connectivity index (χ1v) is 5.16. The van der Waals surface area contributed by atoms with E-state index in [0.717, 1.165) is 25.9 Å². The average Bonchev–Trinajstić information content (AvgIpc) is 2.31. The Labute approximate surface area is 96.7 Å². The largest absolute Gasteiger partial charge is 1.00 e. The topological polar surface area (TPSA) is 40.4 Å². The molecule has 2 N–H and O–H groups in total. The molecule has 15 heavy (non-hydrogen) atoms. The smallest absolute Gasteiger partial charge is 0.0928 e. The van der Waals surface area contributed by atoms with Crippen LogP contribution in [-0.2, 0) is 5.41 Å². The molecule has 0 unspecified atom stereocenters. The number of nitrogens with two attached hydrogens (primary N) is 1. The molecule has 1 aliphatic heterocycles. The summed E-state index contributed by atoms with van der Waals surface area (Å²) in [5.74, 6) is 0. The van der Waals surface area contributed by atoms with E-state index in [4.69, 9.17) is 0 Å². The number of nitrogens with zero attached hydrogens (tertiary/aromatic N) is 1. The van der Waals surface area contributed by atoms with Crippen molar-refractivity contribution in [2.45, 2.75) is 18.3 Å². The summed E-state index contributed by atoms with van der Waals surface area (Å²) in [6.07, 6.45) is 1.96. The van der Waals surface area contributed by atoms with Crippen LogP contribution in [0.5, 0.6) is 0 Å². The molecule has 0 amide bonds. The predicted octanol–water partition coefficient (Wildman–Crippen LogP) is -2.19. The number of benzene rings is 1. The first kappa shape index (κ1) is 12.0. The van der Waals surface area contributed by atoms with E-state index in [1.54, 1.807) is 0 Å². The molecule has 1 aromatic carbocycles. The van der Waals surface area contributed by atoms with Crippen molar-refractivity contribution in [3.8, 4) is 6.07 Å². The third-order valence-electron chi connectivity index (χ3n) is 3.09. The van der Waals surface area contributed by atoms with Gasteiger partial charge >= 0.3 is 0 Å². The molecule has 0 radical (unpaired) electrons. The first-order chi connectivity index (χ1) is 6.87. The van der Waals surface area contributed by atoms with Gasteiger partial charge in [0.25, 0.3) is 0 Å². The Bertz CT molecular complexity index is 336. The minimum absolute atomic E-state index is 0. The summed E-state index contributed by atoms with van der Waals surface area (Å²) in [6, 6.07) is 12.7. The number of halogens is 1. The Morgan fingerprint density at radius 1 is 1.13 bits per heavy atom. The van der Waals surface area contributed by atoms with Gasteiger partial charge in [0.05, 0.1) is 24.6 Å². The van der Waals surface area contributed by atoms with Gasteiger partial charge in [0.2, 0.25) is 0 Å². The van der Waals surface area contributed by atoms with Crippen LogP contribution >= 0.6 is 0 Å². The Kier molecular flexibility index (Phi) is 4.14. The average molecular weight is 223 g/mol. The van der Waals surface area contributed by atoms with Gasteiger partial charge in [0, 0.05) is 12.8 Å². The lowest BCUT2D eigenvalue weighted by atomic mass is 9.74. The minimum atomic E-state index is -0.212. The van der Waals surface area contributed by atoms with E-state index in [0.29, 0.717) is 0 Å². The van der Waals surface area contributed by atoms with E-state index in [9.17, 15) is 5.26 Å². The van der Waals surface area contributed by atoms with Crippen molar-refractivity contribution in [1.29, 1.82) is 5.26 Å². The van der Waals surface area contributed by atoms with Crippen LogP contribution in [0.1, 0.15) is 18.4 Å². The minimum Gasteiger partial charge on any atom is -1.00 e. The zero-order chi connectivity index (χ0) is 9.86. The highest BCUT2D eigenvalue weighted by Crippen LogP contribution is 2.30. The Morgan fingerprint density at radius 3 is 2.27 bits per heavy atom. The van der Waals surface area contributed by atoms with Crippen molar-refractivity contribution in [2.75, 3.05) is 13.1 Å². The zero-order valence-electron chi connectivity index (χ0n) is 8.62. The fourth-order valence-electron chi connectivity index (χ4n) is 2.19. The zero-order valence-corrected chi connectivity index (χ0v) is 9.37. The van der Waals surface area contributed by atoms with Crippen molar-refractivity contribution < 1.29 is 17.7 Å². The van der Waals surface area contributed by atoms with E-state index in [-0.39, 0.29) is 17.8 Å². The van der Waals surface area contributed by atoms with Gasteiger partial charge in [0.15, 0.2) is 0 Å². The van der Waals surface area contributed by atoms with Crippen LogP contribution in [0, 0.1) is 11.3 Å². The van der Waals surface area contributed by atoms with Gasteiger partial charge in [-0.3, -0.25) is 0 Å². The predicted molar refractivity (Wildman–Crippen MR) is 54.6 cm³/mol. The third-order valence-corrected chi connectivity index (χ3v) is 3.09. The van der Waals surface area contributed by atoms with Crippen LogP contribution in [-0.4, -0.2) is 13.1 Å². The van der Waals surface area contributed by atoms with Crippen LogP contribution in [0.3, 0.4) is 0 Å². The van der Waals surface area contributed by atoms with Crippen molar-refractivity contribution in [1.82, 2.24) is 0 Å². The van der Waals surface area contributed by atoms with Gasteiger partial charge in [-0.2, -0.15) is 5.26 Å². The molecule has 0 spiro atoms. The van der Waals surface area contributed by atoms with Gasteiger partial charge in [-0.1, -0.05) is 30.3 Å². The van der Waals surface area contributed by atoms with Crippen molar-refractivity contribution in [3.05, 3.63) is 35.9 Å². The lowest BCUT2D eigenvalue weighted by Crippen LogP contribution is -3.00. The van der Waals surface area contributed by atoms with Crippen molar-refractivity contribution in [2.24, 2.45) is 0 Å². The van der Waals surface area contributed by atoms with E-state index in [1.807, 2.05) is 18.2 Å². The summed E-state index contributed by atoms with van der Waals surface area (Å²) in [7, 11) is 0. The quantitative estimate of drug-likeness (QED) is 0.576. The van der Waals surface area contributed by atoms with E-state index in [2.05, 4.69) is 23.5 Å². The molecule has 0 aliphatic carbocycles. The van der Waals surface area contributed by atoms with Crippen molar-refractivity contribution in [3.63, 3.8) is 0 Å². The molecule has 0 aromatic heterocycles. The molecule has 3 heteroatoms. The molecule has 0 bridgehead atoms.